The van der Waals surface area contributed by atoms with Gasteiger partial charge < -0.3 is 14.8 Å². The zero-order valence-electron chi connectivity index (χ0n) is 13.8. The van der Waals surface area contributed by atoms with Gasteiger partial charge in [0, 0.05) is 33.2 Å². The molecular formula is C15H24N4O5. The van der Waals surface area contributed by atoms with Gasteiger partial charge >= 0.3 is 0 Å². The fourth-order valence-corrected chi connectivity index (χ4v) is 2.91. The van der Waals surface area contributed by atoms with E-state index in [0.717, 1.165) is 24.0 Å². The molecule has 0 bridgehead atoms. The Morgan fingerprint density at radius 2 is 2.21 bits per heavy atom. The molecule has 2 aliphatic rings. The van der Waals surface area contributed by atoms with Crippen molar-refractivity contribution in [2.75, 3.05) is 33.4 Å². The van der Waals surface area contributed by atoms with E-state index in [4.69, 9.17) is 4.74 Å². The molecule has 2 rings (SSSR count). The molecule has 0 spiro atoms. The van der Waals surface area contributed by atoms with Gasteiger partial charge in [0.05, 0.1) is 19.1 Å². The van der Waals surface area contributed by atoms with Gasteiger partial charge in [-0.05, 0) is 12.8 Å². The van der Waals surface area contributed by atoms with Crippen molar-refractivity contribution in [2.24, 2.45) is 0 Å². The molecule has 24 heavy (non-hydrogen) atoms. The maximum atomic E-state index is 12.3. The molecule has 2 N–H and O–H groups in total. The number of nitrogens with zero attached hydrogens (tertiary/aromatic N) is 2. The smallest absolute Gasteiger partial charge is 0.248 e. The highest BCUT2D eigenvalue weighted by Crippen LogP contribution is 2.18. The largest absolute Gasteiger partial charge is 0.383 e. The van der Waals surface area contributed by atoms with Crippen LogP contribution in [-0.4, -0.2) is 79.4 Å². The van der Waals surface area contributed by atoms with E-state index in [2.05, 4.69) is 10.7 Å². The number of hydrogen-bond acceptors (Lipinski definition) is 7. The first-order valence-corrected chi connectivity index (χ1v) is 8.14. The van der Waals surface area contributed by atoms with E-state index in [1.54, 1.807) is 5.01 Å². The quantitative estimate of drug-likeness (QED) is 0.297. The molecule has 2 saturated heterocycles. The Bertz CT molecular complexity index is 498. The summed E-state index contributed by atoms with van der Waals surface area (Å²) in [5, 5.41) is 4.37. The highest BCUT2D eigenvalue weighted by atomic mass is 16.5. The number of ether oxygens (including phenoxy) is 1. The van der Waals surface area contributed by atoms with Gasteiger partial charge in [-0.2, -0.15) is 0 Å². The number of imide groups is 1. The van der Waals surface area contributed by atoms with E-state index < -0.39 is 6.04 Å². The van der Waals surface area contributed by atoms with Crippen LogP contribution >= 0.6 is 0 Å². The molecule has 134 valence electrons. The van der Waals surface area contributed by atoms with Crippen molar-refractivity contribution in [1.29, 1.82) is 0 Å². The van der Waals surface area contributed by atoms with Gasteiger partial charge in [-0.25, -0.2) is 10.4 Å². The second kappa shape index (κ2) is 8.86. The van der Waals surface area contributed by atoms with Crippen molar-refractivity contribution in [2.45, 2.75) is 37.8 Å². The second-order valence-electron chi connectivity index (χ2n) is 5.90. The number of methoxy groups -OCH3 is 1. The van der Waals surface area contributed by atoms with E-state index in [-0.39, 0.29) is 43.1 Å². The van der Waals surface area contributed by atoms with Crippen molar-refractivity contribution in [1.82, 2.24) is 20.7 Å². The molecule has 0 aromatic carbocycles. The summed E-state index contributed by atoms with van der Waals surface area (Å²) in [7, 11) is 1.54. The van der Waals surface area contributed by atoms with Gasteiger partial charge in [0.1, 0.15) is 12.3 Å². The normalized spacial score (nSPS) is 24.6. The van der Waals surface area contributed by atoms with Gasteiger partial charge in [-0.3, -0.25) is 19.3 Å². The Balaban J connectivity index is 1.80. The maximum absolute atomic E-state index is 12.3. The lowest BCUT2D eigenvalue weighted by Gasteiger charge is -2.24. The zero-order chi connectivity index (χ0) is 17.5. The lowest BCUT2D eigenvalue weighted by Crippen LogP contribution is -2.51. The summed E-state index contributed by atoms with van der Waals surface area (Å²) < 4.78 is 4.83. The fraction of sp³-hybridized carbons (Fsp3) is 0.733. The van der Waals surface area contributed by atoms with Crippen molar-refractivity contribution in [3.8, 4) is 0 Å². The minimum Gasteiger partial charge on any atom is -0.383 e. The molecule has 0 aromatic rings. The molecule has 2 heterocycles. The molecule has 0 saturated carbocycles. The Morgan fingerprint density at radius 3 is 2.92 bits per heavy atom. The van der Waals surface area contributed by atoms with Crippen LogP contribution in [0.2, 0.25) is 0 Å². The summed E-state index contributed by atoms with van der Waals surface area (Å²) in [6.07, 6.45) is 2.58. The first-order valence-electron chi connectivity index (χ1n) is 8.14. The summed E-state index contributed by atoms with van der Waals surface area (Å²) >= 11 is 0. The average Bonchev–Trinajstić information content (AvgIpc) is 3.11. The van der Waals surface area contributed by atoms with E-state index in [0.29, 0.717) is 19.7 Å². The lowest BCUT2D eigenvalue weighted by atomic mass is 10.2. The van der Waals surface area contributed by atoms with Gasteiger partial charge in [-0.15, -0.1) is 0 Å². The van der Waals surface area contributed by atoms with Crippen molar-refractivity contribution < 1.29 is 23.9 Å². The van der Waals surface area contributed by atoms with E-state index in [1.165, 1.54) is 7.11 Å². The van der Waals surface area contributed by atoms with Gasteiger partial charge in [0.2, 0.25) is 17.7 Å². The number of carbonyl (C=O) groups excluding carboxylic acids is 4. The number of hydrazine groups is 1. The Labute approximate surface area is 140 Å². The van der Waals surface area contributed by atoms with Crippen molar-refractivity contribution >= 4 is 24.0 Å². The number of aldehydes is 1. The minimum atomic E-state index is -0.658. The summed E-state index contributed by atoms with van der Waals surface area (Å²) in [4.78, 5) is 48.1. The topological polar surface area (TPSA) is 108 Å². The third kappa shape index (κ3) is 4.59. The lowest BCUT2D eigenvalue weighted by molar-refractivity contribution is -0.139. The Hall–Kier alpha value is -1.84. The van der Waals surface area contributed by atoms with Crippen molar-refractivity contribution in [3.63, 3.8) is 0 Å². The highest BCUT2D eigenvalue weighted by Gasteiger charge is 2.40. The highest BCUT2D eigenvalue weighted by molar-refractivity contribution is 6.05. The molecule has 0 radical (unpaired) electrons. The fourth-order valence-electron chi connectivity index (χ4n) is 2.91. The first kappa shape index (κ1) is 18.5. The monoisotopic (exact) mass is 340 g/mol. The van der Waals surface area contributed by atoms with E-state index in [1.807, 2.05) is 0 Å². The molecule has 0 aliphatic carbocycles. The van der Waals surface area contributed by atoms with E-state index in [9.17, 15) is 19.2 Å². The summed E-state index contributed by atoms with van der Waals surface area (Å²) in [5.74, 6) is -0.880. The Morgan fingerprint density at radius 1 is 1.42 bits per heavy atom. The molecule has 1 unspecified atom stereocenters. The van der Waals surface area contributed by atoms with Crippen LogP contribution in [0.5, 0.6) is 0 Å². The number of likely N-dealkylation sites (tertiary alicyclic amines) is 1. The maximum Gasteiger partial charge on any atom is 0.248 e. The van der Waals surface area contributed by atoms with Crippen LogP contribution in [0.3, 0.4) is 0 Å². The third-order valence-corrected chi connectivity index (χ3v) is 4.21. The predicted octanol–water partition coefficient (Wildman–Crippen LogP) is -1.57. The number of hydrogen-bond donors (Lipinski definition) is 2. The van der Waals surface area contributed by atoms with Crippen LogP contribution in [-0.2, 0) is 23.9 Å². The molecule has 2 aliphatic heterocycles. The van der Waals surface area contributed by atoms with Crippen LogP contribution in [0.15, 0.2) is 0 Å². The van der Waals surface area contributed by atoms with Crippen LogP contribution in [0.4, 0.5) is 0 Å². The SMILES string of the molecule is COCCNC(=O)CCN1C(=O)CC(NN2CCC[C@H]2C=O)C1=O. The van der Waals surface area contributed by atoms with E-state index >= 15 is 0 Å². The minimum absolute atomic E-state index is 0.0478. The Kier molecular flexibility index (Phi) is 6.83. The van der Waals surface area contributed by atoms with Gasteiger partial charge in [0.15, 0.2) is 0 Å². The molecule has 9 heteroatoms. The average molecular weight is 340 g/mol. The summed E-state index contributed by atoms with van der Waals surface area (Å²) in [5.41, 5.74) is 2.99. The van der Waals surface area contributed by atoms with Crippen LogP contribution < -0.4 is 10.7 Å². The standard InChI is InChI=1S/C15H24N4O5/c1-24-8-5-16-13(21)4-7-18-14(22)9-12(15(18)23)17-19-6-2-3-11(19)10-20/h10-12,17H,2-9H2,1H3,(H,16,21)/t11-,12?/m0/s1. The number of nitrogens with one attached hydrogen (secondary N) is 2. The predicted molar refractivity (Wildman–Crippen MR) is 83.6 cm³/mol. The zero-order valence-corrected chi connectivity index (χ0v) is 13.8. The number of rotatable bonds is 9. The summed E-state index contributed by atoms with van der Waals surface area (Å²) in [6, 6.07) is -0.914. The molecule has 0 aromatic heterocycles. The van der Waals surface area contributed by atoms with Crippen LogP contribution in [0.25, 0.3) is 0 Å². The van der Waals surface area contributed by atoms with Crippen LogP contribution in [0, 0.1) is 0 Å². The second-order valence-corrected chi connectivity index (χ2v) is 5.90. The molecular weight excluding hydrogens is 316 g/mol. The molecule has 2 atom stereocenters. The molecule has 9 nitrogen and oxygen atoms in total. The summed E-state index contributed by atoms with van der Waals surface area (Å²) in [6.45, 7) is 1.53. The molecule has 3 amide bonds. The van der Waals surface area contributed by atoms with Crippen LogP contribution in [0.1, 0.15) is 25.7 Å². The van der Waals surface area contributed by atoms with Crippen molar-refractivity contribution in [3.05, 3.63) is 0 Å². The van der Waals surface area contributed by atoms with Gasteiger partial charge in [0.25, 0.3) is 0 Å². The number of amides is 3. The molecule has 2 fully saturated rings. The first-order chi connectivity index (χ1) is 11.6. The number of carbonyl (C=O) groups is 4. The third-order valence-electron chi connectivity index (χ3n) is 4.21. The van der Waals surface area contributed by atoms with Gasteiger partial charge in [-0.1, -0.05) is 0 Å².